The van der Waals surface area contributed by atoms with E-state index >= 15 is 0 Å². The first kappa shape index (κ1) is 13.5. The highest BCUT2D eigenvalue weighted by Gasteiger charge is 2.27. The molecule has 2 atom stereocenters. The summed E-state index contributed by atoms with van der Waals surface area (Å²) in [6, 6.07) is 7.39. The van der Waals surface area contributed by atoms with Gasteiger partial charge in [0.2, 0.25) is 0 Å². The van der Waals surface area contributed by atoms with Crippen LogP contribution in [0.5, 0.6) is 0 Å². The van der Waals surface area contributed by atoms with Crippen LogP contribution in [0.2, 0.25) is 0 Å². The number of fused-ring (bicyclic) bond motifs is 1. The zero-order valence-corrected chi connectivity index (χ0v) is 13.5. The lowest BCUT2D eigenvalue weighted by atomic mass is 10.0. The fourth-order valence-corrected chi connectivity index (χ4v) is 5.32. The Kier molecular flexibility index (Phi) is 3.87. The third kappa shape index (κ3) is 2.69. The molecule has 1 aliphatic rings. The molecule has 2 aromatic rings. The SMILES string of the molecule is C[C@H]1CC(Nc2c(F)cccc2Br)c2ccsc2S1. The minimum Gasteiger partial charge on any atom is -0.375 e. The van der Waals surface area contributed by atoms with Crippen molar-refractivity contribution in [2.45, 2.75) is 28.8 Å². The molecule has 0 saturated heterocycles. The van der Waals surface area contributed by atoms with Gasteiger partial charge in [0.25, 0.3) is 0 Å². The van der Waals surface area contributed by atoms with Crippen LogP contribution < -0.4 is 5.32 Å². The standard InChI is InChI=1S/C14H13BrFNS2/c1-8-7-12(9-5-6-18-14(9)19-8)17-13-10(15)3-2-4-11(13)16/h2-6,8,12,17H,7H2,1H3/t8-,12?/m0/s1. The molecule has 0 amide bonds. The van der Waals surface area contributed by atoms with Gasteiger partial charge in [-0.25, -0.2) is 4.39 Å². The number of nitrogens with one attached hydrogen (secondary N) is 1. The Labute approximate surface area is 128 Å². The maximum absolute atomic E-state index is 13.9. The summed E-state index contributed by atoms with van der Waals surface area (Å²) >= 11 is 7.10. The van der Waals surface area contributed by atoms with Crippen molar-refractivity contribution in [3.8, 4) is 0 Å². The summed E-state index contributed by atoms with van der Waals surface area (Å²) in [5.74, 6) is -0.211. The van der Waals surface area contributed by atoms with Crippen LogP contribution in [0.4, 0.5) is 10.1 Å². The monoisotopic (exact) mass is 357 g/mol. The van der Waals surface area contributed by atoms with Gasteiger partial charge in [0.1, 0.15) is 5.82 Å². The molecule has 1 aromatic heterocycles. The molecule has 19 heavy (non-hydrogen) atoms. The van der Waals surface area contributed by atoms with Gasteiger partial charge in [-0.1, -0.05) is 13.0 Å². The van der Waals surface area contributed by atoms with Crippen LogP contribution in [0.25, 0.3) is 0 Å². The van der Waals surface area contributed by atoms with Gasteiger partial charge in [-0.15, -0.1) is 23.1 Å². The first-order chi connectivity index (χ1) is 9.15. The van der Waals surface area contributed by atoms with Gasteiger partial charge in [0.15, 0.2) is 0 Å². The van der Waals surface area contributed by atoms with Crippen molar-refractivity contribution < 1.29 is 4.39 Å². The summed E-state index contributed by atoms with van der Waals surface area (Å²) < 4.78 is 16.0. The topological polar surface area (TPSA) is 12.0 Å². The van der Waals surface area contributed by atoms with E-state index in [1.807, 2.05) is 17.8 Å². The van der Waals surface area contributed by atoms with Crippen LogP contribution in [0, 0.1) is 5.82 Å². The van der Waals surface area contributed by atoms with Gasteiger partial charge in [0.05, 0.1) is 15.9 Å². The number of para-hydroxylation sites is 1. The molecule has 1 aromatic carbocycles. The molecule has 0 spiro atoms. The number of hydrogen-bond donors (Lipinski definition) is 1. The molecule has 0 fully saturated rings. The maximum atomic E-state index is 13.9. The van der Waals surface area contributed by atoms with Crippen molar-refractivity contribution in [3.05, 3.63) is 45.5 Å². The number of thioether (sulfide) groups is 1. The van der Waals surface area contributed by atoms with Crippen molar-refractivity contribution >= 4 is 44.7 Å². The molecular weight excluding hydrogens is 345 g/mol. The van der Waals surface area contributed by atoms with Crippen LogP contribution >= 0.6 is 39.0 Å². The Morgan fingerprint density at radius 2 is 2.21 bits per heavy atom. The Balaban J connectivity index is 1.92. The largest absolute Gasteiger partial charge is 0.375 e. The number of rotatable bonds is 2. The molecule has 0 saturated carbocycles. The fourth-order valence-electron chi connectivity index (χ4n) is 2.30. The van der Waals surface area contributed by atoms with E-state index in [1.54, 1.807) is 17.4 Å². The molecule has 1 nitrogen and oxygen atoms in total. The number of anilines is 1. The predicted octanol–water partition coefficient (Wildman–Crippen LogP) is 5.69. The lowest BCUT2D eigenvalue weighted by Gasteiger charge is -2.28. The van der Waals surface area contributed by atoms with Crippen molar-refractivity contribution in [2.24, 2.45) is 0 Å². The lowest BCUT2D eigenvalue weighted by Crippen LogP contribution is -2.19. The van der Waals surface area contributed by atoms with Crippen molar-refractivity contribution in [2.75, 3.05) is 5.32 Å². The van der Waals surface area contributed by atoms with E-state index in [9.17, 15) is 4.39 Å². The smallest absolute Gasteiger partial charge is 0.147 e. The van der Waals surface area contributed by atoms with Crippen molar-refractivity contribution in [1.29, 1.82) is 0 Å². The highest BCUT2D eigenvalue weighted by atomic mass is 79.9. The average Bonchev–Trinajstić information content (AvgIpc) is 2.81. The molecule has 1 unspecified atom stereocenters. The number of halogens is 2. The molecule has 0 bridgehead atoms. The zero-order chi connectivity index (χ0) is 13.4. The first-order valence-electron chi connectivity index (χ1n) is 6.09. The summed E-state index contributed by atoms with van der Waals surface area (Å²) in [4.78, 5) is 0. The Morgan fingerprint density at radius 1 is 1.37 bits per heavy atom. The van der Waals surface area contributed by atoms with Crippen molar-refractivity contribution in [3.63, 3.8) is 0 Å². The normalized spacial score (nSPS) is 22.1. The van der Waals surface area contributed by atoms with Crippen LogP contribution in [-0.2, 0) is 0 Å². The summed E-state index contributed by atoms with van der Waals surface area (Å²) in [5.41, 5.74) is 1.85. The van der Waals surface area contributed by atoms with Gasteiger partial charge in [-0.3, -0.25) is 0 Å². The minimum absolute atomic E-state index is 0.186. The second-order valence-corrected chi connectivity index (χ2v) is 8.10. The van der Waals surface area contributed by atoms with E-state index in [1.165, 1.54) is 15.8 Å². The number of benzene rings is 1. The molecule has 1 aliphatic heterocycles. The molecule has 0 radical (unpaired) electrons. The summed E-state index contributed by atoms with van der Waals surface area (Å²) in [6.07, 6.45) is 1.01. The minimum atomic E-state index is -0.211. The van der Waals surface area contributed by atoms with Gasteiger partial charge in [0, 0.05) is 9.72 Å². The molecular formula is C14H13BrFNS2. The van der Waals surface area contributed by atoms with E-state index in [2.05, 4.69) is 39.6 Å². The van der Waals surface area contributed by atoms with E-state index < -0.39 is 0 Å². The quantitative estimate of drug-likeness (QED) is 0.740. The second kappa shape index (κ2) is 5.46. The highest BCUT2D eigenvalue weighted by molar-refractivity contribution is 9.10. The maximum Gasteiger partial charge on any atom is 0.147 e. The molecule has 1 N–H and O–H groups in total. The van der Waals surface area contributed by atoms with Crippen LogP contribution in [-0.4, -0.2) is 5.25 Å². The molecule has 100 valence electrons. The van der Waals surface area contributed by atoms with E-state index in [0.717, 1.165) is 10.9 Å². The Bertz CT molecular complexity index is 579. The third-order valence-electron chi connectivity index (χ3n) is 3.19. The molecule has 3 rings (SSSR count). The molecule has 5 heteroatoms. The number of thiophene rings is 1. The van der Waals surface area contributed by atoms with E-state index in [0.29, 0.717) is 10.9 Å². The van der Waals surface area contributed by atoms with E-state index in [4.69, 9.17) is 0 Å². The fraction of sp³-hybridized carbons (Fsp3) is 0.286. The van der Waals surface area contributed by atoms with Crippen LogP contribution in [0.15, 0.2) is 38.3 Å². The molecule has 0 aliphatic carbocycles. The van der Waals surface area contributed by atoms with Gasteiger partial charge in [-0.05, 0) is 51.5 Å². The van der Waals surface area contributed by atoms with Crippen LogP contribution in [0.1, 0.15) is 24.9 Å². The number of hydrogen-bond acceptors (Lipinski definition) is 3. The van der Waals surface area contributed by atoms with Gasteiger partial charge < -0.3 is 5.32 Å². The third-order valence-corrected chi connectivity index (χ3v) is 6.20. The Morgan fingerprint density at radius 3 is 3.00 bits per heavy atom. The average molecular weight is 358 g/mol. The summed E-state index contributed by atoms with van der Waals surface area (Å²) in [7, 11) is 0. The summed E-state index contributed by atoms with van der Waals surface area (Å²) in [6.45, 7) is 2.22. The highest BCUT2D eigenvalue weighted by Crippen LogP contribution is 2.45. The lowest BCUT2D eigenvalue weighted by molar-refractivity contribution is 0.615. The van der Waals surface area contributed by atoms with Crippen molar-refractivity contribution in [1.82, 2.24) is 0 Å². The second-order valence-electron chi connectivity index (χ2n) is 4.62. The molecule has 2 heterocycles. The van der Waals surface area contributed by atoms with Gasteiger partial charge in [-0.2, -0.15) is 0 Å². The Hall–Kier alpha value is -0.520. The summed E-state index contributed by atoms with van der Waals surface area (Å²) in [5, 5.41) is 6.02. The van der Waals surface area contributed by atoms with E-state index in [-0.39, 0.29) is 11.9 Å². The zero-order valence-electron chi connectivity index (χ0n) is 10.3. The van der Waals surface area contributed by atoms with Gasteiger partial charge >= 0.3 is 0 Å². The predicted molar refractivity (Wildman–Crippen MR) is 84.7 cm³/mol. The first-order valence-corrected chi connectivity index (χ1v) is 8.65. The van der Waals surface area contributed by atoms with Crippen LogP contribution in [0.3, 0.4) is 0 Å².